The van der Waals surface area contributed by atoms with Gasteiger partial charge in [0.2, 0.25) is 23.6 Å². The summed E-state index contributed by atoms with van der Waals surface area (Å²) >= 11 is 0. The van der Waals surface area contributed by atoms with Crippen LogP contribution in [0.4, 0.5) is 0 Å². The maximum atomic E-state index is 13.7. The molecule has 1 heterocycles. The van der Waals surface area contributed by atoms with Gasteiger partial charge < -0.3 is 61.2 Å². The Labute approximate surface area is 435 Å². The van der Waals surface area contributed by atoms with Gasteiger partial charge in [0, 0.05) is 78.4 Å². The van der Waals surface area contributed by atoms with Gasteiger partial charge >= 0.3 is 23.9 Å². The molecule has 24 nitrogen and oxygen atoms in total. The number of likely N-dealkylation sites (N-methyl/N-ethyl adjacent to an activating group) is 1. The van der Waals surface area contributed by atoms with E-state index in [4.69, 9.17) is 14.2 Å². The van der Waals surface area contributed by atoms with Crippen LogP contribution in [-0.4, -0.2) is 244 Å². The van der Waals surface area contributed by atoms with Gasteiger partial charge in [-0.1, -0.05) is 38.1 Å². The zero-order valence-corrected chi connectivity index (χ0v) is 43.8. The normalized spacial score (nSPS) is 15.3. The Morgan fingerprint density at radius 3 is 1.41 bits per heavy atom. The van der Waals surface area contributed by atoms with Crippen molar-refractivity contribution >= 4 is 47.5 Å². The monoisotopic (exact) mass is 1050 g/mol. The first-order chi connectivity index (χ1) is 35.4. The van der Waals surface area contributed by atoms with Gasteiger partial charge in [-0.2, -0.15) is 0 Å². The lowest BCUT2D eigenvalue weighted by Crippen LogP contribution is -2.51. The van der Waals surface area contributed by atoms with Crippen molar-refractivity contribution in [1.29, 1.82) is 0 Å². The summed E-state index contributed by atoms with van der Waals surface area (Å²) in [6, 6.07) is 5.57. The Bertz CT molecular complexity index is 1800. The second-order valence-electron chi connectivity index (χ2n) is 18.8. The highest BCUT2D eigenvalue weighted by Crippen LogP contribution is 2.11. The number of amides is 4. The van der Waals surface area contributed by atoms with Gasteiger partial charge in [-0.3, -0.25) is 53.2 Å². The highest BCUT2D eigenvalue weighted by atomic mass is 16.5. The fourth-order valence-electron chi connectivity index (χ4n) is 7.90. The molecule has 0 bridgehead atoms. The number of hydrogen-bond donors (Lipinski definition) is 9. The van der Waals surface area contributed by atoms with Gasteiger partial charge in [0.15, 0.2) is 0 Å². The minimum absolute atomic E-state index is 0.0463. The molecule has 24 heteroatoms. The number of carboxylic acids is 4. The first-order valence-corrected chi connectivity index (χ1v) is 25.8. The van der Waals surface area contributed by atoms with Gasteiger partial charge in [-0.15, -0.1) is 0 Å². The number of carboxylic acid groups (broad SMARTS) is 4. The van der Waals surface area contributed by atoms with Crippen LogP contribution in [0.1, 0.15) is 69.9 Å². The quantitative estimate of drug-likeness (QED) is 0.0366. The molecule has 2 atom stereocenters. The molecule has 1 aliphatic heterocycles. The number of rotatable bonds is 38. The van der Waals surface area contributed by atoms with E-state index >= 15 is 0 Å². The smallest absolute Gasteiger partial charge is 0.326 e. The van der Waals surface area contributed by atoms with Crippen LogP contribution in [0.15, 0.2) is 24.3 Å². The first kappa shape index (κ1) is 64.8. The minimum Gasteiger partial charge on any atom is -0.480 e. The topological polar surface area (TPSA) is 318 Å². The molecule has 1 saturated heterocycles. The fraction of sp³-hybridized carbons (Fsp3) is 0.720. The van der Waals surface area contributed by atoms with Gasteiger partial charge in [0.05, 0.1) is 72.2 Å². The van der Waals surface area contributed by atoms with Crippen LogP contribution in [0.3, 0.4) is 0 Å². The lowest BCUT2D eigenvalue weighted by molar-refractivity contribution is -0.142. The third-order valence-corrected chi connectivity index (χ3v) is 11.9. The molecule has 420 valence electrons. The third-order valence-electron chi connectivity index (χ3n) is 11.9. The summed E-state index contributed by atoms with van der Waals surface area (Å²) in [5.41, 5.74) is 2.09. The van der Waals surface area contributed by atoms with Crippen LogP contribution in [0.25, 0.3) is 0 Å². The average Bonchev–Trinajstić information content (AvgIpc) is 3.32. The summed E-state index contributed by atoms with van der Waals surface area (Å²) in [5, 5.41) is 52.5. The maximum Gasteiger partial charge on any atom is 0.326 e. The van der Waals surface area contributed by atoms with Crippen LogP contribution in [-0.2, 0) is 65.4 Å². The number of carbonyl (C=O) groups excluding carboxylic acids is 4. The number of carbonyl (C=O) groups is 8. The molecule has 1 aromatic rings. The second-order valence-corrected chi connectivity index (χ2v) is 18.8. The Hall–Kier alpha value is -5.34. The van der Waals surface area contributed by atoms with E-state index in [1.807, 2.05) is 31.3 Å². The summed E-state index contributed by atoms with van der Waals surface area (Å²) in [5.74, 6) is -5.58. The number of unbranched alkanes of at least 4 members (excludes halogenated alkanes) is 2. The molecule has 1 aromatic carbocycles. The standard InChI is InChI=1S/C50H85N9O15/c1-38(2)32-39-10-12-40(13-11-39)33-44(61)52-15-7-5-9-42(50(70)71)55-49(69)41(54-43(60)14-26-72-28-30-74-31-29-73-27-17-51-3)8-4-6-16-53-45(62)34-56-18-20-57(35-46(63)64)22-24-59(37-48(67)68)25-23-58(21-19-56)36-47(65)66/h10-13,38,41-42,51H,4-9,14-37H2,1-3H3,(H,52,61)(H,53,62)(H,54,60)(H,55,69)(H,63,64)(H,65,66)(H,67,68)(H,70,71). The Kier molecular flexibility index (Phi) is 34.2. The van der Waals surface area contributed by atoms with Gasteiger partial charge in [0.1, 0.15) is 12.1 Å². The number of nitrogens with zero attached hydrogens (tertiary/aromatic N) is 4. The minimum atomic E-state index is -1.26. The summed E-state index contributed by atoms with van der Waals surface area (Å²) < 4.78 is 16.4. The Morgan fingerprint density at radius 1 is 0.514 bits per heavy atom. The summed E-state index contributed by atoms with van der Waals surface area (Å²) in [4.78, 5) is 106. The molecule has 0 aliphatic carbocycles. The van der Waals surface area contributed by atoms with Gasteiger partial charge in [-0.25, -0.2) is 4.79 Å². The predicted molar refractivity (Wildman–Crippen MR) is 274 cm³/mol. The van der Waals surface area contributed by atoms with Crippen LogP contribution >= 0.6 is 0 Å². The molecule has 2 unspecified atom stereocenters. The van der Waals surface area contributed by atoms with Crippen molar-refractivity contribution in [2.24, 2.45) is 5.92 Å². The number of aliphatic carboxylic acids is 4. The summed E-state index contributed by atoms with van der Waals surface area (Å²) in [7, 11) is 1.83. The molecule has 0 radical (unpaired) electrons. The van der Waals surface area contributed by atoms with Crippen molar-refractivity contribution in [3.63, 3.8) is 0 Å². The molecule has 9 N–H and O–H groups in total. The zero-order chi connectivity index (χ0) is 54.5. The Balaban J connectivity index is 1.98. The van der Waals surface area contributed by atoms with Crippen molar-refractivity contribution in [2.45, 2.75) is 83.7 Å². The van der Waals surface area contributed by atoms with Crippen LogP contribution in [0.2, 0.25) is 0 Å². The third kappa shape index (κ3) is 32.8. The molecule has 0 aromatic heterocycles. The van der Waals surface area contributed by atoms with Crippen molar-refractivity contribution in [3.05, 3.63) is 35.4 Å². The zero-order valence-electron chi connectivity index (χ0n) is 43.8. The molecule has 1 aliphatic rings. The highest BCUT2D eigenvalue weighted by molar-refractivity contribution is 5.90. The molecule has 0 spiro atoms. The predicted octanol–water partition coefficient (Wildman–Crippen LogP) is -0.811. The van der Waals surface area contributed by atoms with Crippen LogP contribution < -0.4 is 26.6 Å². The largest absolute Gasteiger partial charge is 0.480 e. The maximum absolute atomic E-state index is 13.7. The Morgan fingerprint density at radius 2 is 0.946 bits per heavy atom. The van der Waals surface area contributed by atoms with Crippen molar-refractivity contribution in [1.82, 2.24) is 46.2 Å². The van der Waals surface area contributed by atoms with E-state index in [1.54, 1.807) is 19.6 Å². The van der Waals surface area contributed by atoms with Crippen LogP contribution in [0.5, 0.6) is 0 Å². The van der Waals surface area contributed by atoms with Crippen molar-refractivity contribution < 1.29 is 73.0 Å². The molecular formula is C50H85N9O15. The number of hydrogen-bond acceptors (Lipinski definition) is 16. The molecular weight excluding hydrogens is 967 g/mol. The number of benzene rings is 1. The van der Waals surface area contributed by atoms with Crippen LogP contribution in [0, 0.1) is 5.92 Å². The molecule has 2 rings (SSSR count). The fourth-order valence-corrected chi connectivity index (χ4v) is 7.90. The van der Waals surface area contributed by atoms with Crippen molar-refractivity contribution in [2.75, 3.05) is 145 Å². The number of ether oxygens (including phenoxy) is 3. The second kappa shape index (κ2) is 39.1. The van der Waals surface area contributed by atoms with E-state index in [1.165, 1.54) is 5.56 Å². The molecule has 1 fully saturated rings. The van der Waals surface area contributed by atoms with E-state index in [2.05, 4.69) is 40.4 Å². The first-order valence-electron chi connectivity index (χ1n) is 25.8. The molecule has 0 saturated carbocycles. The molecule has 4 amide bonds. The average molecular weight is 1050 g/mol. The van der Waals surface area contributed by atoms with Gasteiger partial charge in [-0.05, 0) is 69.0 Å². The number of nitrogens with one attached hydrogen (secondary N) is 5. The van der Waals surface area contributed by atoms with E-state index in [0.29, 0.717) is 64.6 Å². The van der Waals surface area contributed by atoms with E-state index in [9.17, 15) is 58.8 Å². The van der Waals surface area contributed by atoms with Crippen molar-refractivity contribution in [3.8, 4) is 0 Å². The molecule has 74 heavy (non-hydrogen) atoms. The lowest BCUT2D eigenvalue weighted by atomic mass is 10.0. The van der Waals surface area contributed by atoms with Gasteiger partial charge in [0.25, 0.3) is 0 Å². The summed E-state index contributed by atoms with van der Waals surface area (Å²) in [6.45, 7) is 8.52. The van der Waals surface area contributed by atoms with E-state index < -0.39 is 47.8 Å². The van der Waals surface area contributed by atoms with E-state index in [-0.39, 0.29) is 136 Å². The lowest BCUT2D eigenvalue weighted by Gasteiger charge is -2.32. The highest BCUT2D eigenvalue weighted by Gasteiger charge is 2.27. The van der Waals surface area contributed by atoms with E-state index in [0.717, 1.165) is 18.5 Å². The SMILES string of the molecule is CNCCOCCOCCOCCC(=O)NC(CCCCNC(=O)CN1CCN(CC(=O)O)CCN(CC(=O)O)CCN(CC(=O)O)CC1)C(=O)NC(CCCCNC(=O)Cc1ccc(CC(C)C)cc1)C(=O)O. The summed E-state index contributed by atoms with van der Waals surface area (Å²) in [6.07, 6.45) is 2.88.